The first-order chi connectivity index (χ1) is 34.2. The zero-order valence-electron chi connectivity index (χ0n) is 44.4. The highest BCUT2D eigenvalue weighted by Gasteiger charge is 2.49. The first-order valence-corrected chi connectivity index (χ1v) is 26.0. The van der Waals surface area contributed by atoms with Crippen molar-refractivity contribution < 1.29 is 0 Å². The largest absolute Gasteiger partial charge is 0.236 e. The fraction of sp³-hybridized carbons (Fsp3) is 0.257. The molecule has 1 heterocycles. The molecular weight excluding hydrogens is 869 g/mol. The van der Waals surface area contributed by atoms with Gasteiger partial charge in [-0.3, -0.25) is 0 Å². The Hall–Kier alpha value is -7.16. The number of hydrogen-bond donors (Lipinski definition) is 0. The van der Waals surface area contributed by atoms with Crippen LogP contribution in [0.4, 0.5) is 0 Å². The predicted molar refractivity (Wildman–Crippen MR) is 302 cm³/mol. The maximum atomic E-state index is 5.05. The van der Waals surface area contributed by atoms with Gasteiger partial charge in [-0.2, -0.15) is 0 Å². The summed E-state index contributed by atoms with van der Waals surface area (Å²) in [6, 6.07) is 71.8. The number of fused-ring (bicyclic) bond motifs is 6. The minimum Gasteiger partial charge on any atom is -0.236 e. The van der Waals surface area contributed by atoms with Gasteiger partial charge >= 0.3 is 0 Å². The Labute approximate surface area is 429 Å². The normalized spacial score (nSPS) is 14.6. The summed E-state index contributed by atoms with van der Waals surface area (Å²) in [5.74, 6) is 0. The lowest BCUT2D eigenvalue weighted by Gasteiger charge is -2.36. The molecule has 9 aromatic rings. The third-order valence-electron chi connectivity index (χ3n) is 16.0. The molecule has 2 nitrogen and oxygen atoms in total. The molecule has 0 saturated carbocycles. The zero-order chi connectivity index (χ0) is 50.6. The van der Waals surface area contributed by atoms with Gasteiger partial charge in [-0.25, -0.2) is 9.97 Å². The van der Waals surface area contributed by atoms with Crippen LogP contribution in [0.15, 0.2) is 194 Å². The maximum Gasteiger partial charge on any atom is 0.116 e. The molecule has 0 aliphatic heterocycles. The Morgan fingerprint density at radius 3 is 0.861 bits per heavy atom. The molecule has 0 bridgehead atoms. The monoisotopic (exact) mass is 937 g/mol. The Morgan fingerprint density at radius 1 is 0.278 bits per heavy atom. The average Bonchev–Trinajstić information content (AvgIpc) is 3.83. The lowest BCUT2D eigenvalue weighted by molar-refractivity contribution is 0.585. The van der Waals surface area contributed by atoms with Crippen molar-refractivity contribution in [2.75, 3.05) is 0 Å². The molecule has 0 atom stereocenters. The standard InChI is InChI=1S/C70H68N2/c1-65(2,3)49-29-33-55-56-34-30-50(66(4,5)6)40-60(56)69(59(55)39-49,47-23-15-13-16-24-47)53-27-19-21-45(37-53)63-43-64(72-44-71-63)46-22-20-28-54(38-46)70(48-25-17-14-18-26-48)61-41-51(67(7,8)9)31-35-57(61)58-36-32-52(42-62(58)70)68(10,11)12/h13-44H,1-12H3. The number of nitrogens with zero attached hydrogens (tertiary/aromatic N) is 2. The summed E-state index contributed by atoms with van der Waals surface area (Å²) in [4.78, 5) is 10.1. The van der Waals surface area contributed by atoms with Gasteiger partial charge in [-0.15, -0.1) is 0 Å². The van der Waals surface area contributed by atoms with Crippen LogP contribution in [-0.2, 0) is 32.5 Å². The van der Waals surface area contributed by atoms with E-state index in [1.54, 1.807) is 6.33 Å². The van der Waals surface area contributed by atoms with E-state index in [-0.39, 0.29) is 21.7 Å². The van der Waals surface area contributed by atoms with Gasteiger partial charge in [-0.1, -0.05) is 253 Å². The molecule has 0 saturated heterocycles. The summed E-state index contributed by atoms with van der Waals surface area (Å²) in [6.45, 7) is 27.8. The fourth-order valence-corrected chi connectivity index (χ4v) is 12.0. The molecule has 1 aromatic heterocycles. The van der Waals surface area contributed by atoms with E-state index in [2.05, 4.69) is 271 Å². The van der Waals surface area contributed by atoms with Gasteiger partial charge in [0.15, 0.2) is 0 Å². The Morgan fingerprint density at radius 2 is 0.569 bits per heavy atom. The van der Waals surface area contributed by atoms with Crippen LogP contribution in [0, 0.1) is 0 Å². The second-order valence-corrected chi connectivity index (χ2v) is 24.7. The Balaban J connectivity index is 1.10. The van der Waals surface area contributed by atoms with Crippen molar-refractivity contribution in [3.8, 4) is 44.8 Å². The van der Waals surface area contributed by atoms with Gasteiger partial charge in [-0.05, 0) is 129 Å². The minimum absolute atomic E-state index is 0.0324. The first kappa shape index (κ1) is 47.2. The van der Waals surface area contributed by atoms with Crippen molar-refractivity contribution in [1.29, 1.82) is 0 Å². The van der Waals surface area contributed by atoms with Crippen molar-refractivity contribution in [2.45, 2.75) is 116 Å². The van der Waals surface area contributed by atoms with Gasteiger partial charge in [0, 0.05) is 11.1 Å². The molecule has 0 fully saturated rings. The molecule has 0 amide bonds. The number of aromatic nitrogens is 2. The van der Waals surface area contributed by atoms with Crippen LogP contribution in [0.5, 0.6) is 0 Å². The summed E-state index contributed by atoms with van der Waals surface area (Å²) >= 11 is 0. The van der Waals surface area contributed by atoms with E-state index in [0.29, 0.717) is 0 Å². The number of benzene rings is 8. The highest BCUT2D eigenvalue weighted by atomic mass is 14.8. The number of hydrogen-bond acceptors (Lipinski definition) is 2. The molecular formula is C70H68N2. The van der Waals surface area contributed by atoms with Crippen LogP contribution >= 0.6 is 0 Å². The summed E-state index contributed by atoms with van der Waals surface area (Å²) in [7, 11) is 0. The molecule has 2 heteroatoms. The lowest BCUT2D eigenvalue weighted by atomic mass is 9.66. The quantitative estimate of drug-likeness (QED) is 0.166. The van der Waals surface area contributed by atoms with Gasteiger partial charge in [0.05, 0.1) is 22.2 Å². The van der Waals surface area contributed by atoms with Gasteiger partial charge < -0.3 is 0 Å². The van der Waals surface area contributed by atoms with E-state index in [1.165, 1.54) is 89.0 Å². The summed E-state index contributed by atoms with van der Waals surface area (Å²) in [5.41, 5.74) is 23.3. The summed E-state index contributed by atoms with van der Waals surface area (Å²) in [5, 5.41) is 0. The lowest BCUT2D eigenvalue weighted by Crippen LogP contribution is -2.29. The Kier molecular flexibility index (Phi) is 10.9. The molecule has 2 aliphatic rings. The van der Waals surface area contributed by atoms with E-state index in [9.17, 15) is 0 Å². The van der Waals surface area contributed by atoms with E-state index in [0.717, 1.165) is 22.5 Å². The SMILES string of the molecule is CC(C)(C)c1ccc2c(c1)C(c1ccccc1)(c1cccc(-c3cc(-c4cccc(C5(c6ccccc6)c6cc(C(C)(C)C)ccc6-c6ccc(C(C)(C)C)cc65)c4)ncn3)c1)c1cc(C(C)(C)C)ccc1-2. The van der Waals surface area contributed by atoms with Crippen LogP contribution < -0.4 is 0 Å². The minimum atomic E-state index is -0.575. The van der Waals surface area contributed by atoms with E-state index >= 15 is 0 Å². The van der Waals surface area contributed by atoms with Gasteiger partial charge in [0.1, 0.15) is 6.33 Å². The van der Waals surface area contributed by atoms with Crippen molar-refractivity contribution in [2.24, 2.45) is 0 Å². The highest BCUT2D eigenvalue weighted by molar-refractivity contribution is 5.89. The smallest absolute Gasteiger partial charge is 0.116 e. The van der Waals surface area contributed by atoms with Crippen molar-refractivity contribution in [3.63, 3.8) is 0 Å². The molecule has 8 aromatic carbocycles. The molecule has 0 N–H and O–H groups in total. The van der Waals surface area contributed by atoms with Crippen LogP contribution in [0.25, 0.3) is 44.8 Å². The van der Waals surface area contributed by atoms with Gasteiger partial charge in [0.2, 0.25) is 0 Å². The van der Waals surface area contributed by atoms with Crippen molar-refractivity contribution in [1.82, 2.24) is 9.97 Å². The molecule has 72 heavy (non-hydrogen) atoms. The Bertz CT molecular complexity index is 3190. The van der Waals surface area contributed by atoms with Crippen LogP contribution in [-0.4, -0.2) is 9.97 Å². The third kappa shape index (κ3) is 7.51. The molecule has 11 rings (SSSR count). The molecule has 0 spiro atoms. The van der Waals surface area contributed by atoms with E-state index < -0.39 is 10.8 Å². The summed E-state index contributed by atoms with van der Waals surface area (Å²) in [6.07, 6.45) is 1.75. The zero-order valence-corrected chi connectivity index (χ0v) is 44.4. The predicted octanol–water partition coefficient (Wildman–Crippen LogP) is 17.7. The second kappa shape index (κ2) is 16.7. The van der Waals surface area contributed by atoms with Crippen molar-refractivity contribution in [3.05, 3.63) is 261 Å². The third-order valence-corrected chi connectivity index (χ3v) is 16.0. The van der Waals surface area contributed by atoms with E-state index in [4.69, 9.17) is 9.97 Å². The topological polar surface area (TPSA) is 25.8 Å². The highest BCUT2D eigenvalue weighted by Crippen LogP contribution is 2.59. The maximum absolute atomic E-state index is 5.05. The molecule has 0 radical (unpaired) electrons. The first-order valence-electron chi connectivity index (χ1n) is 26.0. The number of rotatable bonds is 6. The molecule has 358 valence electrons. The molecule has 2 aliphatic carbocycles. The van der Waals surface area contributed by atoms with E-state index in [1.807, 2.05) is 0 Å². The second-order valence-electron chi connectivity index (χ2n) is 24.7. The van der Waals surface area contributed by atoms with Crippen LogP contribution in [0.2, 0.25) is 0 Å². The van der Waals surface area contributed by atoms with Crippen LogP contribution in [0.1, 0.15) is 150 Å². The summed E-state index contributed by atoms with van der Waals surface area (Å²) < 4.78 is 0. The van der Waals surface area contributed by atoms with Crippen LogP contribution in [0.3, 0.4) is 0 Å². The van der Waals surface area contributed by atoms with Crippen molar-refractivity contribution >= 4 is 0 Å². The van der Waals surface area contributed by atoms with Gasteiger partial charge in [0.25, 0.3) is 0 Å². The fourth-order valence-electron chi connectivity index (χ4n) is 12.0. The molecule has 0 unspecified atom stereocenters. The average molecular weight is 937 g/mol.